The molecule has 2 heterocycles. The molecule has 4 rings (SSSR count). The van der Waals surface area contributed by atoms with E-state index in [1.54, 1.807) is 0 Å². The molecule has 5 heteroatoms. The van der Waals surface area contributed by atoms with Crippen molar-refractivity contribution in [2.24, 2.45) is 5.92 Å². The summed E-state index contributed by atoms with van der Waals surface area (Å²) in [6, 6.07) is 13.4. The standard InChI is InChI=1S/C26H30N2O3/c1-17(2)16-31-21-11-9-20(10-12-21)23-24(27-13-5-6-14-27)26(30)28(25(23)29)22-15-18(3)7-8-19(22)4/h7-12,15,17H,5-6,13-14,16H2,1-4H3. The van der Waals surface area contributed by atoms with Gasteiger partial charge in [-0.15, -0.1) is 0 Å². The normalized spacial score (nSPS) is 16.8. The van der Waals surface area contributed by atoms with Crippen molar-refractivity contribution < 1.29 is 14.3 Å². The zero-order valence-corrected chi connectivity index (χ0v) is 18.8. The molecule has 0 aromatic heterocycles. The fraction of sp³-hybridized carbons (Fsp3) is 0.385. The van der Waals surface area contributed by atoms with Crippen LogP contribution in [0.3, 0.4) is 0 Å². The molecule has 2 aliphatic heterocycles. The molecule has 2 aliphatic rings. The number of aryl methyl sites for hydroxylation is 2. The molecule has 162 valence electrons. The summed E-state index contributed by atoms with van der Waals surface area (Å²) >= 11 is 0. The predicted octanol–water partition coefficient (Wildman–Crippen LogP) is 4.72. The largest absolute Gasteiger partial charge is 0.493 e. The van der Waals surface area contributed by atoms with Gasteiger partial charge in [-0.05, 0) is 67.5 Å². The zero-order valence-electron chi connectivity index (χ0n) is 18.8. The molecule has 0 N–H and O–H groups in total. The van der Waals surface area contributed by atoms with Crippen molar-refractivity contribution in [2.45, 2.75) is 40.5 Å². The van der Waals surface area contributed by atoms with Gasteiger partial charge in [-0.25, -0.2) is 4.90 Å². The second-order valence-electron chi connectivity index (χ2n) is 8.88. The molecule has 0 atom stereocenters. The summed E-state index contributed by atoms with van der Waals surface area (Å²) in [7, 11) is 0. The van der Waals surface area contributed by atoms with E-state index in [9.17, 15) is 9.59 Å². The van der Waals surface area contributed by atoms with Crippen LogP contribution >= 0.6 is 0 Å². The van der Waals surface area contributed by atoms with Crippen LogP contribution in [0.2, 0.25) is 0 Å². The minimum absolute atomic E-state index is 0.226. The highest BCUT2D eigenvalue weighted by Gasteiger charge is 2.43. The topological polar surface area (TPSA) is 49.9 Å². The van der Waals surface area contributed by atoms with Crippen LogP contribution in [0.4, 0.5) is 5.69 Å². The summed E-state index contributed by atoms with van der Waals surface area (Å²) in [6.07, 6.45) is 2.06. The summed E-state index contributed by atoms with van der Waals surface area (Å²) in [5.41, 5.74) is 4.36. The van der Waals surface area contributed by atoms with E-state index in [-0.39, 0.29) is 11.8 Å². The molecule has 2 amide bonds. The number of carbonyl (C=O) groups is 2. The van der Waals surface area contributed by atoms with Gasteiger partial charge in [-0.2, -0.15) is 0 Å². The van der Waals surface area contributed by atoms with Crippen LogP contribution in [-0.2, 0) is 9.59 Å². The predicted molar refractivity (Wildman–Crippen MR) is 123 cm³/mol. The van der Waals surface area contributed by atoms with Crippen LogP contribution in [0.15, 0.2) is 48.2 Å². The molecule has 31 heavy (non-hydrogen) atoms. The van der Waals surface area contributed by atoms with Crippen LogP contribution in [0.5, 0.6) is 5.75 Å². The van der Waals surface area contributed by atoms with Gasteiger partial charge in [0.2, 0.25) is 0 Å². The van der Waals surface area contributed by atoms with Gasteiger partial charge in [0.05, 0.1) is 17.9 Å². The maximum atomic E-state index is 13.6. The highest BCUT2D eigenvalue weighted by atomic mass is 16.5. The third-order valence-corrected chi connectivity index (χ3v) is 5.81. The first kappa shape index (κ1) is 21.2. The van der Waals surface area contributed by atoms with Crippen LogP contribution < -0.4 is 9.64 Å². The number of hydrogen-bond acceptors (Lipinski definition) is 4. The van der Waals surface area contributed by atoms with E-state index < -0.39 is 0 Å². The number of amides is 2. The van der Waals surface area contributed by atoms with E-state index in [1.807, 2.05) is 56.3 Å². The second-order valence-corrected chi connectivity index (χ2v) is 8.88. The van der Waals surface area contributed by atoms with Crippen molar-refractivity contribution in [1.29, 1.82) is 0 Å². The molecule has 1 fully saturated rings. The van der Waals surface area contributed by atoms with Gasteiger partial charge in [-0.3, -0.25) is 9.59 Å². The molecule has 2 aromatic rings. The van der Waals surface area contributed by atoms with Crippen molar-refractivity contribution in [3.8, 4) is 5.75 Å². The number of rotatable bonds is 6. The summed E-state index contributed by atoms with van der Waals surface area (Å²) < 4.78 is 5.79. The molecule has 5 nitrogen and oxygen atoms in total. The zero-order chi connectivity index (χ0) is 22.1. The van der Waals surface area contributed by atoms with E-state index in [4.69, 9.17) is 4.74 Å². The molecule has 2 aromatic carbocycles. The number of ether oxygens (including phenoxy) is 1. The van der Waals surface area contributed by atoms with Crippen molar-refractivity contribution in [2.75, 3.05) is 24.6 Å². The first-order valence-electron chi connectivity index (χ1n) is 11.1. The van der Waals surface area contributed by atoms with E-state index in [1.165, 1.54) is 4.90 Å². The molecule has 0 unspecified atom stereocenters. The minimum Gasteiger partial charge on any atom is -0.493 e. The summed E-state index contributed by atoms with van der Waals surface area (Å²) in [6.45, 7) is 10.3. The second kappa shape index (κ2) is 8.58. The van der Waals surface area contributed by atoms with E-state index >= 15 is 0 Å². The fourth-order valence-corrected chi connectivity index (χ4v) is 4.17. The molecular formula is C26H30N2O3. The van der Waals surface area contributed by atoms with Gasteiger partial charge in [0.15, 0.2) is 0 Å². The highest BCUT2D eigenvalue weighted by molar-refractivity contribution is 6.45. The number of hydrogen-bond donors (Lipinski definition) is 0. The van der Waals surface area contributed by atoms with Crippen LogP contribution in [0.1, 0.15) is 43.4 Å². The Balaban J connectivity index is 1.74. The smallest absolute Gasteiger partial charge is 0.282 e. The number of imide groups is 1. The number of benzene rings is 2. The van der Waals surface area contributed by atoms with Crippen molar-refractivity contribution in [1.82, 2.24) is 4.90 Å². The quantitative estimate of drug-likeness (QED) is 0.637. The first-order valence-corrected chi connectivity index (χ1v) is 11.1. The summed E-state index contributed by atoms with van der Waals surface area (Å²) in [5.74, 6) is 0.723. The number of anilines is 1. The Morgan fingerprint density at radius 2 is 1.61 bits per heavy atom. The Bertz CT molecular complexity index is 1030. The maximum absolute atomic E-state index is 13.6. The lowest BCUT2D eigenvalue weighted by Crippen LogP contribution is -2.35. The molecule has 0 radical (unpaired) electrons. The van der Waals surface area contributed by atoms with Gasteiger partial charge in [0, 0.05) is 13.1 Å². The Morgan fingerprint density at radius 3 is 2.26 bits per heavy atom. The molecular weight excluding hydrogens is 388 g/mol. The van der Waals surface area contributed by atoms with Gasteiger partial charge >= 0.3 is 0 Å². The number of likely N-dealkylation sites (tertiary alicyclic amines) is 1. The Morgan fingerprint density at radius 1 is 0.935 bits per heavy atom. The van der Waals surface area contributed by atoms with Gasteiger partial charge < -0.3 is 9.64 Å². The van der Waals surface area contributed by atoms with E-state index in [2.05, 4.69) is 18.7 Å². The lowest BCUT2D eigenvalue weighted by Gasteiger charge is -2.21. The average molecular weight is 419 g/mol. The number of nitrogens with zero attached hydrogens (tertiary/aromatic N) is 2. The Labute approximate surface area is 184 Å². The first-order chi connectivity index (χ1) is 14.9. The SMILES string of the molecule is Cc1ccc(C)c(N2C(=O)C(c3ccc(OCC(C)C)cc3)=C(N3CCCC3)C2=O)c1. The third-order valence-electron chi connectivity index (χ3n) is 5.81. The molecule has 0 saturated carbocycles. The van der Waals surface area contributed by atoms with Crippen molar-refractivity contribution >= 4 is 23.1 Å². The van der Waals surface area contributed by atoms with Gasteiger partial charge in [0.25, 0.3) is 11.8 Å². The van der Waals surface area contributed by atoms with Crippen molar-refractivity contribution in [3.05, 3.63) is 64.9 Å². The molecule has 0 aliphatic carbocycles. The monoisotopic (exact) mass is 418 g/mol. The van der Waals surface area contributed by atoms with Crippen LogP contribution in [0, 0.1) is 19.8 Å². The highest BCUT2D eigenvalue weighted by Crippen LogP contribution is 2.37. The lowest BCUT2D eigenvalue weighted by atomic mass is 10.0. The Kier molecular flexibility index (Phi) is 5.86. The molecule has 0 spiro atoms. The van der Waals surface area contributed by atoms with Gasteiger partial charge in [-0.1, -0.05) is 38.1 Å². The maximum Gasteiger partial charge on any atom is 0.282 e. The number of carbonyl (C=O) groups excluding carboxylic acids is 2. The van der Waals surface area contributed by atoms with Crippen molar-refractivity contribution in [3.63, 3.8) is 0 Å². The third kappa shape index (κ3) is 4.09. The van der Waals surface area contributed by atoms with Gasteiger partial charge in [0.1, 0.15) is 11.4 Å². The van der Waals surface area contributed by atoms with E-state index in [0.717, 1.165) is 48.4 Å². The molecule has 1 saturated heterocycles. The lowest BCUT2D eigenvalue weighted by molar-refractivity contribution is -0.120. The molecule has 0 bridgehead atoms. The van der Waals surface area contributed by atoms with Crippen LogP contribution in [0.25, 0.3) is 5.57 Å². The summed E-state index contributed by atoms with van der Waals surface area (Å²) in [5, 5.41) is 0. The van der Waals surface area contributed by atoms with Crippen LogP contribution in [-0.4, -0.2) is 36.4 Å². The Hall–Kier alpha value is -3.08. The summed E-state index contributed by atoms with van der Waals surface area (Å²) in [4.78, 5) is 30.6. The average Bonchev–Trinajstić information content (AvgIpc) is 3.35. The van der Waals surface area contributed by atoms with E-state index in [0.29, 0.717) is 29.5 Å². The minimum atomic E-state index is -0.253. The fourth-order valence-electron chi connectivity index (χ4n) is 4.17.